The van der Waals surface area contributed by atoms with Gasteiger partial charge in [-0.2, -0.15) is 0 Å². The Morgan fingerprint density at radius 3 is 2.65 bits per heavy atom. The van der Waals surface area contributed by atoms with Crippen LogP contribution >= 0.6 is 0 Å². The summed E-state index contributed by atoms with van der Waals surface area (Å²) >= 11 is 0. The molecule has 11 nitrogen and oxygen atoms in total. The number of benzene rings is 2. The number of Topliss-reactive ketones (excluding diaryl/α,β-unsaturated/α-hetero) is 1. The average molecular weight is 549 g/mol. The molecule has 1 unspecified atom stereocenters. The number of aryl methyl sites for hydroxylation is 1. The topological polar surface area (TPSA) is 157 Å². The fourth-order valence-electron chi connectivity index (χ4n) is 5.26. The van der Waals surface area contributed by atoms with Gasteiger partial charge in [-0.05, 0) is 42.1 Å². The lowest BCUT2D eigenvalue weighted by molar-refractivity contribution is -0.142. The highest BCUT2D eigenvalue weighted by Crippen LogP contribution is 2.24. The summed E-state index contributed by atoms with van der Waals surface area (Å²) in [6, 6.07) is 11.8. The van der Waals surface area contributed by atoms with E-state index in [1.165, 1.54) is 6.92 Å². The first-order chi connectivity index (χ1) is 19.3. The molecular weight excluding hydrogens is 512 g/mol. The molecule has 5 N–H and O–H groups in total. The summed E-state index contributed by atoms with van der Waals surface area (Å²) in [5.74, 6) is -2.20. The lowest BCUT2D eigenvalue weighted by Gasteiger charge is -2.35. The van der Waals surface area contributed by atoms with Gasteiger partial charge in [-0.25, -0.2) is 9.78 Å². The summed E-state index contributed by atoms with van der Waals surface area (Å²) < 4.78 is 0. The van der Waals surface area contributed by atoms with E-state index in [-0.39, 0.29) is 31.3 Å². The van der Waals surface area contributed by atoms with E-state index in [0.717, 1.165) is 41.4 Å². The number of amides is 2. The van der Waals surface area contributed by atoms with Crippen molar-refractivity contribution in [2.24, 2.45) is 0 Å². The minimum atomic E-state index is -1.30. The van der Waals surface area contributed by atoms with Crippen molar-refractivity contribution in [2.75, 3.05) is 19.6 Å². The second kappa shape index (κ2) is 13.8. The molecule has 2 heterocycles. The van der Waals surface area contributed by atoms with Gasteiger partial charge in [-0.15, -0.1) is 0 Å². The second-order valence-electron chi connectivity index (χ2n) is 10.1. The Morgan fingerprint density at radius 1 is 1.15 bits per heavy atom. The number of H-pyrrole nitrogens is 1. The lowest BCUT2D eigenvalue weighted by atomic mass is 9.95. The van der Waals surface area contributed by atoms with Gasteiger partial charge in [0.1, 0.15) is 6.04 Å². The van der Waals surface area contributed by atoms with E-state index in [4.69, 9.17) is 0 Å². The van der Waals surface area contributed by atoms with Crippen LogP contribution in [0.15, 0.2) is 55.0 Å². The van der Waals surface area contributed by atoms with Gasteiger partial charge >= 0.3 is 5.97 Å². The molecule has 0 bridgehead atoms. The highest BCUT2D eigenvalue weighted by Gasteiger charge is 2.36. The fourth-order valence-corrected chi connectivity index (χ4v) is 5.26. The van der Waals surface area contributed by atoms with Gasteiger partial charge < -0.3 is 26.0 Å². The molecule has 0 radical (unpaired) electrons. The van der Waals surface area contributed by atoms with Crippen LogP contribution in [0.4, 0.5) is 0 Å². The Labute approximate surface area is 232 Å². The number of aliphatic carboxylic acids is 1. The molecule has 2 amide bonds. The van der Waals surface area contributed by atoms with Gasteiger partial charge in [0, 0.05) is 38.7 Å². The molecule has 0 spiro atoms. The van der Waals surface area contributed by atoms with Crippen LogP contribution in [0.1, 0.15) is 37.4 Å². The molecule has 0 saturated carbocycles. The predicted molar refractivity (Wildman–Crippen MR) is 149 cm³/mol. The van der Waals surface area contributed by atoms with Crippen LogP contribution in [0.5, 0.6) is 0 Å². The van der Waals surface area contributed by atoms with Gasteiger partial charge in [-0.1, -0.05) is 42.5 Å². The number of hydrogen-bond donors (Lipinski definition) is 5. The summed E-state index contributed by atoms with van der Waals surface area (Å²) in [6.45, 7) is 1.94. The van der Waals surface area contributed by atoms with Crippen molar-refractivity contribution in [3.05, 3.63) is 66.2 Å². The number of hydrogen-bond acceptors (Lipinski definition) is 7. The van der Waals surface area contributed by atoms with Crippen molar-refractivity contribution < 1.29 is 24.3 Å². The number of carbonyl (C=O) groups is 4. The zero-order valence-electron chi connectivity index (χ0n) is 22.6. The first kappa shape index (κ1) is 28.9. The summed E-state index contributed by atoms with van der Waals surface area (Å²) in [6.07, 6.45) is 5.76. The zero-order chi connectivity index (χ0) is 28.5. The van der Waals surface area contributed by atoms with Gasteiger partial charge in [0.05, 0.1) is 24.6 Å². The van der Waals surface area contributed by atoms with Crippen LogP contribution in [0.2, 0.25) is 0 Å². The van der Waals surface area contributed by atoms with E-state index >= 15 is 0 Å². The van der Waals surface area contributed by atoms with Crippen molar-refractivity contribution >= 4 is 34.3 Å². The third-order valence-corrected chi connectivity index (χ3v) is 7.17. The van der Waals surface area contributed by atoms with E-state index in [1.54, 1.807) is 12.5 Å². The average Bonchev–Trinajstić information content (AvgIpc) is 3.65. The highest BCUT2D eigenvalue weighted by atomic mass is 16.4. The number of rotatable bonds is 14. The minimum absolute atomic E-state index is 0.0107. The van der Waals surface area contributed by atoms with Gasteiger partial charge in [0.15, 0.2) is 5.78 Å². The lowest BCUT2D eigenvalue weighted by Crippen LogP contribution is -2.56. The zero-order valence-corrected chi connectivity index (χ0v) is 22.6. The molecule has 1 aliphatic rings. The van der Waals surface area contributed by atoms with Gasteiger partial charge in [0.2, 0.25) is 11.8 Å². The maximum absolute atomic E-state index is 13.8. The number of imidazole rings is 1. The summed E-state index contributed by atoms with van der Waals surface area (Å²) in [4.78, 5) is 59.2. The van der Waals surface area contributed by atoms with Crippen LogP contribution in [0.25, 0.3) is 10.8 Å². The second-order valence-corrected chi connectivity index (χ2v) is 10.1. The number of aromatic amines is 1. The normalized spacial score (nSPS) is 16.5. The Bertz CT molecular complexity index is 1320. The van der Waals surface area contributed by atoms with Crippen molar-refractivity contribution in [3.8, 4) is 0 Å². The highest BCUT2D eigenvalue weighted by molar-refractivity contribution is 5.89. The molecule has 4 rings (SSSR count). The van der Waals surface area contributed by atoms with Crippen molar-refractivity contribution in [2.45, 2.75) is 57.3 Å². The molecule has 11 heteroatoms. The first-order valence-electron chi connectivity index (χ1n) is 13.5. The van der Waals surface area contributed by atoms with Crippen molar-refractivity contribution in [1.82, 2.24) is 30.8 Å². The number of aromatic nitrogens is 2. The molecule has 1 aromatic heterocycles. The van der Waals surface area contributed by atoms with Crippen LogP contribution in [0, 0.1) is 0 Å². The number of carbonyl (C=O) groups excluding carboxylic acids is 3. The number of carboxylic acids is 1. The van der Waals surface area contributed by atoms with Crippen LogP contribution < -0.4 is 16.0 Å². The molecule has 40 heavy (non-hydrogen) atoms. The Balaban J connectivity index is 1.62. The summed E-state index contributed by atoms with van der Waals surface area (Å²) in [5.41, 5.74) is 1.74. The number of carboxylic acid groups (broad SMARTS) is 1. The third-order valence-electron chi connectivity index (χ3n) is 7.17. The molecule has 2 aromatic carbocycles. The maximum Gasteiger partial charge on any atom is 0.328 e. The predicted octanol–water partition coefficient (Wildman–Crippen LogP) is 1.39. The molecule has 1 fully saturated rings. The Kier molecular flexibility index (Phi) is 9.98. The molecule has 3 atom stereocenters. The van der Waals surface area contributed by atoms with Crippen molar-refractivity contribution in [1.29, 1.82) is 0 Å². The Morgan fingerprint density at radius 2 is 1.95 bits per heavy atom. The molecule has 212 valence electrons. The number of nitrogens with zero attached hydrogens (tertiary/aromatic N) is 2. The van der Waals surface area contributed by atoms with Crippen LogP contribution in [-0.2, 0) is 32.1 Å². The van der Waals surface area contributed by atoms with Crippen molar-refractivity contribution in [3.63, 3.8) is 0 Å². The fraction of sp³-hybridized carbons (Fsp3) is 0.414. The molecular formula is C29H36N6O5. The number of fused-ring (bicyclic) bond motifs is 1. The van der Waals surface area contributed by atoms with E-state index in [2.05, 4.69) is 25.9 Å². The molecule has 0 aliphatic carbocycles. The molecule has 1 saturated heterocycles. The largest absolute Gasteiger partial charge is 0.480 e. The first-order valence-corrected chi connectivity index (χ1v) is 13.5. The molecule has 3 aromatic rings. The number of ketones is 1. The van der Waals surface area contributed by atoms with Gasteiger partial charge in [0.25, 0.3) is 0 Å². The van der Waals surface area contributed by atoms with E-state index in [9.17, 15) is 24.3 Å². The third kappa shape index (κ3) is 7.73. The minimum Gasteiger partial charge on any atom is -0.480 e. The smallest absolute Gasteiger partial charge is 0.328 e. The summed E-state index contributed by atoms with van der Waals surface area (Å²) in [7, 11) is 0. The summed E-state index contributed by atoms with van der Waals surface area (Å²) in [5, 5.41) is 20.1. The SMILES string of the molecule is CC(=O)NC[C@H](NC(=O)CN(Cc1cccc2ccccc12)C(C(=O)CCc1c[nH]cn1)[C@@H]1CCCN1)C(=O)O. The standard InChI is InChI=1S/C29H36N6O5/c1-19(36)32-15-25(29(39)40)34-27(38)17-35(16-21-8-4-7-20-6-2-3-9-23(20)21)28(24-10-5-13-31-24)26(37)12-11-22-14-30-18-33-22/h2-4,6-9,14,18,24-25,28,31H,5,10-13,15-17H2,1H3,(H,30,33)(H,32,36)(H,34,38)(H,39,40)/t24-,25-,28?/m0/s1. The molecule has 1 aliphatic heterocycles. The maximum atomic E-state index is 13.8. The van der Waals surface area contributed by atoms with E-state index in [0.29, 0.717) is 13.0 Å². The van der Waals surface area contributed by atoms with Gasteiger partial charge in [-0.3, -0.25) is 19.3 Å². The van der Waals surface area contributed by atoms with E-state index < -0.39 is 29.9 Å². The quantitative estimate of drug-likeness (QED) is 0.202. The number of nitrogens with one attached hydrogen (secondary N) is 4. The van der Waals surface area contributed by atoms with E-state index in [1.807, 2.05) is 47.4 Å². The van der Waals surface area contributed by atoms with Crippen LogP contribution in [0.3, 0.4) is 0 Å². The van der Waals surface area contributed by atoms with Crippen LogP contribution in [-0.4, -0.2) is 81.3 Å². The monoisotopic (exact) mass is 548 g/mol. The Hall–Kier alpha value is -4.09.